The summed E-state index contributed by atoms with van der Waals surface area (Å²) in [7, 11) is 2.05. The number of pyridine rings is 1. The van der Waals surface area contributed by atoms with E-state index in [1.807, 2.05) is 55.7 Å². The van der Waals surface area contributed by atoms with Gasteiger partial charge in [0.2, 0.25) is 5.69 Å². The van der Waals surface area contributed by atoms with Gasteiger partial charge >= 0.3 is 0 Å². The summed E-state index contributed by atoms with van der Waals surface area (Å²) in [6, 6.07) is 24.5. The monoisotopic (exact) mass is 375 g/mol. The van der Waals surface area contributed by atoms with Crippen LogP contribution in [0.3, 0.4) is 0 Å². The van der Waals surface area contributed by atoms with Crippen LogP contribution < -0.4 is 4.57 Å². The quantitative estimate of drug-likeness (QED) is 0.251. The molecule has 5 rings (SSSR count). The molecule has 0 aliphatic rings. The molecule has 29 heavy (non-hydrogen) atoms. The second kappa shape index (κ2) is 6.61. The zero-order valence-electron chi connectivity index (χ0n) is 16.3. The van der Waals surface area contributed by atoms with Gasteiger partial charge in [-0.25, -0.2) is 9.41 Å². The molecule has 3 heteroatoms. The first-order valence-corrected chi connectivity index (χ1v) is 9.54. The van der Waals surface area contributed by atoms with Gasteiger partial charge in [0.15, 0.2) is 11.9 Å². The third-order valence-electron chi connectivity index (χ3n) is 5.45. The van der Waals surface area contributed by atoms with E-state index in [0.717, 1.165) is 44.3 Å². The van der Waals surface area contributed by atoms with Crippen molar-refractivity contribution >= 4 is 27.6 Å². The number of hydrogen-bond donors (Lipinski definition) is 0. The van der Waals surface area contributed by atoms with Crippen LogP contribution >= 0.6 is 0 Å². The Hall–Kier alpha value is -3.90. The third-order valence-corrected chi connectivity index (χ3v) is 5.45. The van der Waals surface area contributed by atoms with Crippen molar-refractivity contribution in [2.75, 3.05) is 0 Å². The van der Waals surface area contributed by atoms with Crippen LogP contribution in [0.4, 0.5) is 5.69 Å². The standard InChI is InChI=1S/C26H19N2O/c1-17-13-22-24(16-20(17)23-11-7-8-12-28(23)3)29-25-15-19(27-2)14-21(26(22)25)18-9-5-4-6-10-18/h4-16H,1,3H3/q+1. The molecule has 3 aromatic carbocycles. The maximum absolute atomic E-state index is 7.50. The highest BCUT2D eigenvalue weighted by Gasteiger charge is 2.18. The van der Waals surface area contributed by atoms with Crippen molar-refractivity contribution in [1.82, 2.24) is 0 Å². The molecule has 0 aliphatic carbocycles. The van der Waals surface area contributed by atoms with Gasteiger partial charge in [-0.3, -0.25) is 0 Å². The minimum absolute atomic E-state index is 0.585. The molecule has 0 unspecified atom stereocenters. The van der Waals surface area contributed by atoms with Gasteiger partial charge in [0.05, 0.1) is 12.1 Å². The van der Waals surface area contributed by atoms with Crippen LogP contribution in [0.25, 0.3) is 49.2 Å². The first-order valence-electron chi connectivity index (χ1n) is 9.54. The number of aryl methyl sites for hydroxylation is 2. The summed E-state index contributed by atoms with van der Waals surface area (Å²) >= 11 is 0. The van der Waals surface area contributed by atoms with Gasteiger partial charge in [0.1, 0.15) is 18.2 Å². The lowest BCUT2D eigenvalue weighted by Gasteiger charge is -2.06. The highest BCUT2D eigenvalue weighted by molar-refractivity contribution is 6.14. The normalized spacial score (nSPS) is 11.1. The van der Waals surface area contributed by atoms with Crippen molar-refractivity contribution in [2.24, 2.45) is 7.05 Å². The van der Waals surface area contributed by atoms with Crippen molar-refractivity contribution in [3.05, 3.63) is 96.0 Å². The summed E-state index contributed by atoms with van der Waals surface area (Å²) in [5.74, 6) is 0. The van der Waals surface area contributed by atoms with E-state index in [2.05, 4.69) is 46.7 Å². The van der Waals surface area contributed by atoms with Gasteiger partial charge in [-0.05, 0) is 53.9 Å². The molecule has 0 saturated carbocycles. The molecule has 5 aromatic rings. The second-order valence-electron chi connectivity index (χ2n) is 7.31. The number of hydrogen-bond acceptors (Lipinski definition) is 1. The largest absolute Gasteiger partial charge is 0.457 e. The molecule has 0 fully saturated rings. The molecular weight excluding hydrogens is 356 g/mol. The highest BCUT2D eigenvalue weighted by atomic mass is 16.3. The number of furan rings is 1. The van der Waals surface area contributed by atoms with Crippen LogP contribution in [0.15, 0.2) is 83.4 Å². The number of aromatic nitrogens is 1. The number of benzene rings is 3. The van der Waals surface area contributed by atoms with Gasteiger partial charge in [-0.1, -0.05) is 30.3 Å². The fourth-order valence-electron chi connectivity index (χ4n) is 4.03. The Balaban J connectivity index is 1.86. The Labute approximate surface area is 169 Å². The third kappa shape index (κ3) is 2.78. The van der Waals surface area contributed by atoms with Crippen molar-refractivity contribution < 1.29 is 8.98 Å². The highest BCUT2D eigenvalue weighted by Crippen LogP contribution is 2.41. The zero-order chi connectivity index (χ0) is 20.0. The summed E-state index contributed by atoms with van der Waals surface area (Å²) in [6.45, 7) is 9.63. The van der Waals surface area contributed by atoms with Gasteiger partial charge < -0.3 is 4.42 Å². The van der Waals surface area contributed by atoms with Gasteiger partial charge in [0.25, 0.3) is 0 Å². The van der Waals surface area contributed by atoms with Crippen LogP contribution in [0.1, 0.15) is 5.56 Å². The molecule has 0 amide bonds. The maximum atomic E-state index is 7.50. The lowest BCUT2D eigenvalue weighted by molar-refractivity contribution is -0.660. The number of rotatable bonds is 2. The van der Waals surface area contributed by atoms with Crippen LogP contribution in [0, 0.1) is 13.5 Å². The second-order valence-corrected chi connectivity index (χ2v) is 7.31. The molecule has 138 valence electrons. The topological polar surface area (TPSA) is 21.4 Å². The predicted molar refractivity (Wildman–Crippen MR) is 117 cm³/mol. The Morgan fingerprint density at radius 3 is 2.41 bits per heavy atom. The van der Waals surface area contributed by atoms with E-state index in [1.54, 1.807) is 0 Å². The lowest BCUT2D eigenvalue weighted by Crippen LogP contribution is -2.30. The van der Waals surface area contributed by atoms with Crippen LogP contribution in [-0.4, -0.2) is 0 Å². The van der Waals surface area contributed by atoms with E-state index < -0.39 is 0 Å². The van der Waals surface area contributed by atoms with E-state index in [4.69, 9.17) is 11.0 Å². The maximum Gasteiger partial charge on any atom is 0.212 e. The first kappa shape index (κ1) is 17.2. The van der Waals surface area contributed by atoms with Gasteiger partial charge in [-0.15, -0.1) is 0 Å². The fourth-order valence-corrected chi connectivity index (χ4v) is 4.03. The smallest absolute Gasteiger partial charge is 0.212 e. The van der Waals surface area contributed by atoms with Crippen molar-refractivity contribution in [2.45, 2.75) is 6.92 Å². The van der Waals surface area contributed by atoms with Crippen molar-refractivity contribution in [3.63, 3.8) is 0 Å². The first-order chi connectivity index (χ1) is 14.2. The van der Waals surface area contributed by atoms with E-state index in [1.165, 1.54) is 5.56 Å². The van der Waals surface area contributed by atoms with Gasteiger partial charge in [-0.2, -0.15) is 0 Å². The lowest BCUT2D eigenvalue weighted by atomic mass is 9.96. The van der Waals surface area contributed by atoms with E-state index >= 15 is 0 Å². The molecule has 0 N–H and O–H groups in total. The summed E-state index contributed by atoms with van der Waals surface area (Å²) < 4.78 is 8.38. The molecule has 2 aromatic heterocycles. The molecule has 0 saturated heterocycles. The summed E-state index contributed by atoms with van der Waals surface area (Å²) in [5.41, 5.74) is 7.76. The minimum Gasteiger partial charge on any atom is -0.457 e. The predicted octanol–water partition coefficient (Wildman–Crippen LogP) is 6.60. The van der Waals surface area contributed by atoms with Gasteiger partial charge in [0, 0.05) is 22.9 Å². The van der Waals surface area contributed by atoms with Crippen molar-refractivity contribution in [3.8, 4) is 22.4 Å². The summed E-state index contributed by atoms with van der Waals surface area (Å²) in [6.07, 6.45) is 2.05. The Morgan fingerprint density at radius 2 is 1.66 bits per heavy atom. The Kier molecular flexibility index (Phi) is 3.93. The summed E-state index contributed by atoms with van der Waals surface area (Å²) in [5, 5.41) is 2.14. The average Bonchev–Trinajstić information content (AvgIpc) is 3.10. The Bertz CT molecular complexity index is 1420. The number of fused-ring (bicyclic) bond motifs is 3. The number of nitrogens with zero attached hydrogens (tertiary/aromatic N) is 2. The van der Waals surface area contributed by atoms with Crippen LogP contribution in [0.5, 0.6) is 0 Å². The van der Waals surface area contributed by atoms with E-state index in [0.29, 0.717) is 5.69 Å². The molecule has 0 radical (unpaired) electrons. The van der Waals surface area contributed by atoms with Crippen LogP contribution in [0.2, 0.25) is 0 Å². The summed E-state index contributed by atoms with van der Waals surface area (Å²) in [4.78, 5) is 3.66. The van der Waals surface area contributed by atoms with E-state index in [-0.39, 0.29) is 0 Å². The van der Waals surface area contributed by atoms with Crippen LogP contribution in [-0.2, 0) is 7.05 Å². The SMILES string of the molecule is [C-]#[N+]c1cc(-c2ccccc2)c2c(c1)oc1cc(-c3cccc[n+]3C)c(C)cc12. The molecule has 2 heterocycles. The fraction of sp³-hybridized carbons (Fsp3) is 0.0769. The Morgan fingerprint density at radius 1 is 0.862 bits per heavy atom. The molecule has 0 spiro atoms. The molecule has 0 atom stereocenters. The molecule has 0 bridgehead atoms. The minimum atomic E-state index is 0.585. The molecule has 0 aliphatic heterocycles. The van der Waals surface area contributed by atoms with E-state index in [9.17, 15) is 0 Å². The molecular formula is C26H19N2O+. The zero-order valence-corrected chi connectivity index (χ0v) is 16.3. The van der Waals surface area contributed by atoms with Crippen molar-refractivity contribution in [1.29, 1.82) is 0 Å². The average molecular weight is 375 g/mol. The molecule has 3 nitrogen and oxygen atoms in total.